The smallest absolute Gasteiger partial charge is 4.00 e. The third-order valence-electron chi connectivity index (χ3n) is 0. The molecule has 24 heavy (non-hydrogen) atoms. The van der Waals surface area contributed by atoms with Gasteiger partial charge in [-0.25, -0.2) is 0 Å². The molecule has 0 spiro atoms. The summed E-state index contributed by atoms with van der Waals surface area (Å²) in [6, 6.07) is 0. The van der Waals surface area contributed by atoms with Crippen LogP contribution in [-0.2, 0) is 93.6 Å². The van der Waals surface area contributed by atoms with E-state index in [0.29, 0.717) is 0 Å². The maximum Gasteiger partial charge on any atom is 4.00 e. The largest absolute Gasteiger partial charge is 4.00 e. The average Bonchev–Trinajstić information content (AvgIpc) is 1.62. The zero-order chi connectivity index (χ0) is 18.0. The minimum absolute atomic E-state index is 0. The normalized spacial score (nSPS) is 9.83. The van der Waals surface area contributed by atoms with Crippen molar-refractivity contribution in [2.24, 2.45) is 0 Å². The third-order valence-corrected chi connectivity index (χ3v) is 0. The van der Waals surface area contributed by atoms with E-state index < -0.39 is 58.1 Å². The summed E-state index contributed by atoms with van der Waals surface area (Å²) in [5.74, 6) is 0. The summed E-state index contributed by atoms with van der Waals surface area (Å²) >= 11 is -23.5. The van der Waals surface area contributed by atoms with Gasteiger partial charge >= 0.3 is 201 Å². The fraction of sp³-hybridized carbons (Fsp3) is 0. The Bertz CT molecular complexity index is 292. The standard InChI is InChI=1S/4AsH3O4.H2O.3Zr/c4*2-1(3,4)5;;;;/h4*(H3,2,3,4,5);1H2;;;/q;;;;;3*+4/p-12. The van der Waals surface area contributed by atoms with Crippen LogP contribution in [0.3, 0.4) is 0 Å². The summed E-state index contributed by atoms with van der Waals surface area (Å²) in [6.45, 7) is 0. The predicted octanol–water partition coefficient (Wildman–Crippen LogP) is -17.1. The molecule has 0 saturated heterocycles. The van der Waals surface area contributed by atoms with Crippen LogP contribution in [0.15, 0.2) is 0 Å². The zero-order valence-corrected chi connectivity index (χ0v) is 25.2. The molecule has 0 saturated carbocycles. The molecule has 0 aromatic heterocycles. The van der Waals surface area contributed by atoms with Crippen molar-refractivity contribution in [3.05, 3.63) is 0 Å². The Morgan fingerprint density at radius 3 is 0.333 bits per heavy atom. The summed E-state index contributed by atoms with van der Waals surface area (Å²) in [4.78, 5) is 0. The molecule has 24 heteroatoms. The Hall–Kier alpha value is 3.56. The van der Waals surface area contributed by atoms with E-state index in [1.165, 1.54) is 0 Å². The van der Waals surface area contributed by atoms with Crippen LogP contribution < -0.4 is 49.1 Å². The van der Waals surface area contributed by atoms with Gasteiger partial charge in [0.15, 0.2) is 0 Å². The maximum atomic E-state index is 8.61. The molecule has 2 N–H and O–H groups in total. The average molecular weight is 847 g/mol. The van der Waals surface area contributed by atoms with Gasteiger partial charge in [0.25, 0.3) is 0 Å². The minimum Gasteiger partial charge on any atom is 4.00 e. The Morgan fingerprint density at radius 2 is 0.333 bits per heavy atom. The number of hydrogen-bond acceptors (Lipinski definition) is 16. The van der Waals surface area contributed by atoms with Crippen LogP contribution in [0.5, 0.6) is 0 Å². The van der Waals surface area contributed by atoms with Crippen molar-refractivity contribution in [2.75, 3.05) is 0 Å². The first-order valence-electron chi connectivity index (χ1n) is 2.92. The second kappa shape index (κ2) is 22.8. The first kappa shape index (κ1) is 50.8. The van der Waals surface area contributed by atoms with Gasteiger partial charge in [-0.3, -0.25) is 0 Å². The Morgan fingerprint density at radius 1 is 0.333 bits per heavy atom. The molecule has 0 radical (unpaired) electrons. The van der Waals surface area contributed by atoms with Crippen LogP contribution in [0.4, 0.5) is 0 Å². The Kier molecular flexibility index (Phi) is 48.4. The van der Waals surface area contributed by atoms with Crippen LogP contribution >= 0.6 is 0 Å². The summed E-state index contributed by atoms with van der Waals surface area (Å²) in [6.07, 6.45) is 0. The van der Waals surface area contributed by atoms with E-state index in [2.05, 4.69) is 0 Å². The molecule has 0 bridgehead atoms. The van der Waals surface area contributed by atoms with Crippen LogP contribution in [0.25, 0.3) is 0 Å². The molecule has 17 nitrogen and oxygen atoms in total. The van der Waals surface area contributed by atoms with Crippen molar-refractivity contribution >= 4 is 58.1 Å². The van der Waals surface area contributed by atoms with Crippen LogP contribution in [0, 0.1) is 0 Å². The van der Waals surface area contributed by atoms with E-state index in [0.717, 1.165) is 0 Å². The predicted molar refractivity (Wildman–Crippen MR) is 29.4 cm³/mol. The minimum atomic E-state index is -5.88. The second-order valence-corrected chi connectivity index (χ2v) is 9.30. The summed E-state index contributed by atoms with van der Waals surface area (Å²) < 4.78 is 138. The molecule has 0 aromatic carbocycles. The SMILES string of the molecule is O.O=[As]([O-])([O-])[O-].O=[As]([O-])([O-])[O-].O=[As]([O-])([O-])[O-].O=[As]([O-])([O-])[O-].[Zr+4].[Zr+4].[Zr+4]. The first-order chi connectivity index (χ1) is 8.00. The third kappa shape index (κ3) is 1210. The second-order valence-electron chi connectivity index (χ2n) is 1.79. The fourth-order valence-electron chi connectivity index (χ4n) is 0. The quantitative estimate of drug-likeness (QED) is 0.204. The number of rotatable bonds is 0. The molecular weight excluding hydrogens is 845 g/mol. The molecule has 136 valence electrons. The zero-order valence-electron chi connectivity index (χ0n) is 10.3. The van der Waals surface area contributed by atoms with Crippen molar-refractivity contribution in [3.63, 3.8) is 0 Å². The van der Waals surface area contributed by atoms with Gasteiger partial charge < -0.3 is 5.48 Å². The molecule has 0 amide bonds. The fourth-order valence-corrected chi connectivity index (χ4v) is 0. The summed E-state index contributed by atoms with van der Waals surface area (Å²) in [7, 11) is 0. The van der Waals surface area contributed by atoms with Crippen molar-refractivity contribution in [1.82, 2.24) is 0 Å². The van der Waals surface area contributed by atoms with Gasteiger partial charge in [-0.05, 0) is 0 Å². The summed E-state index contributed by atoms with van der Waals surface area (Å²) in [5, 5.41) is 0. The Labute approximate surface area is 203 Å². The van der Waals surface area contributed by atoms with Crippen LogP contribution in [-0.4, -0.2) is 63.5 Å². The summed E-state index contributed by atoms with van der Waals surface area (Å²) in [5.41, 5.74) is 0. The van der Waals surface area contributed by atoms with E-state index >= 15 is 0 Å². The van der Waals surface area contributed by atoms with Gasteiger partial charge in [-0.2, -0.15) is 0 Å². The molecule has 0 unspecified atom stereocenters. The molecule has 0 aliphatic carbocycles. The molecule has 0 fully saturated rings. The maximum absolute atomic E-state index is 8.61. The Balaban J connectivity index is -0.0000000225. The van der Waals surface area contributed by atoms with E-state index in [1.807, 2.05) is 0 Å². The van der Waals surface area contributed by atoms with Crippen LogP contribution in [0.2, 0.25) is 0 Å². The van der Waals surface area contributed by atoms with Gasteiger partial charge in [0.05, 0.1) is 0 Å². The van der Waals surface area contributed by atoms with Crippen molar-refractivity contribution in [2.45, 2.75) is 0 Å². The van der Waals surface area contributed by atoms with E-state index in [4.69, 9.17) is 64.1 Å². The molecule has 0 rings (SSSR count). The van der Waals surface area contributed by atoms with Gasteiger partial charge in [-0.1, -0.05) is 0 Å². The van der Waals surface area contributed by atoms with Gasteiger partial charge in [0, 0.05) is 0 Å². The van der Waals surface area contributed by atoms with Gasteiger partial charge in [0.1, 0.15) is 0 Å². The monoisotopic (exact) mass is 843 g/mol. The van der Waals surface area contributed by atoms with Crippen molar-refractivity contribution in [1.29, 1.82) is 0 Å². The first-order valence-corrected chi connectivity index (χ1v) is 15.2. The van der Waals surface area contributed by atoms with Crippen molar-refractivity contribution in [3.8, 4) is 0 Å². The molecule has 0 atom stereocenters. The van der Waals surface area contributed by atoms with Gasteiger partial charge in [0.2, 0.25) is 0 Å². The molecule has 0 aromatic rings. The molecule has 0 aliphatic heterocycles. The molecule has 0 heterocycles. The molecular formula is H2As4O17Zr3. The number of hydrogen-bond donors (Lipinski definition) is 0. The van der Waals surface area contributed by atoms with E-state index in [9.17, 15) is 0 Å². The topological polar surface area (TPSA) is 376 Å². The van der Waals surface area contributed by atoms with Crippen LogP contribution in [0.1, 0.15) is 0 Å². The van der Waals surface area contributed by atoms with Crippen molar-refractivity contribution < 1.29 is 148 Å². The molecule has 0 aliphatic rings. The van der Waals surface area contributed by atoms with E-state index in [1.54, 1.807) is 0 Å². The van der Waals surface area contributed by atoms with Gasteiger partial charge in [-0.15, -0.1) is 0 Å². The van der Waals surface area contributed by atoms with E-state index in [-0.39, 0.29) is 84.1 Å².